The van der Waals surface area contributed by atoms with Gasteiger partial charge < -0.3 is 15.2 Å². The molecule has 1 amide bonds. The summed E-state index contributed by atoms with van der Waals surface area (Å²) in [6.45, 7) is 0.355. The largest absolute Gasteiger partial charge is 0.479 e. The molecule has 2 rings (SSSR count). The van der Waals surface area contributed by atoms with Crippen LogP contribution in [0.5, 0.6) is 0 Å². The number of ether oxygens (including phenoxy) is 1. The molecule has 8 heteroatoms. The average molecular weight is 308 g/mol. The minimum absolute atomic E-state index is 0.0202. The monoisotopic (exact) mass is 308 g/mol. The lowest BCUT2D eigenvalue weighted by Gasteiger charge is -2.11. The van der Waals surface area contributed by atoms with Gasteiger partial charge in [0.25, 0.3) is 5.69 Å². The fourth-order valence-corrected chi connectivity index (χ4v) is 2.24. The summed E-state index contributed by atoms with van der Waals surface area (Å²) in [7, 11) is 0. The summed E-state index contributed by atoms with van der Waals surface area (Å²) >= 11 is 0. The molecular formula is C14H16N2O6. The molecule has 0 saturated carbocycles. The fraction of sp³-hybridized carbons (Fsp3) is 0.429. The van der Waals surface area contributed by atoms with Crippen molar-refractivity contribution in [3.05, 3.63) is 39.9 Å². The van der Waals surface area contributed by atoms with E-state index in [1.807, 2.05) is 0 Å². The molecule has 22 heavy (non-hydrogen) atoms. The van der Waals surface area contributed by atoms with E-state index in [1.165, 1.54) is 12.1 Å². The van der Waals surface area contributed by atoms with Gasteiger partial charge in [0, 0.05) is 18.7 Å². The number of rotatable bonds is 6. The first-order valence-electron chi connectivity index (χ1n) is 6.86. The highest BCUT2D eigenvalue weighted by Crippen LogP contribution is 2.20. The van der Waals surface area contributed by atoms with Crippen LogP contribution in [0.4, 0.5) is 5.69 Å². The minimum atomic E-state index is -1.05. The molecule has 118 valence electrons. The molecule has 0 bridgehead atoms. The standard InChI is InChI=1S/C14H16N2O6/c17-13(11-5-6-12(22-11)14(18)19)15-8-7-9-1-3-10(4-2-9)16(20)21/h1-4,11-12H,5-8H2,(H,15,17)(H,18,19)/t11-,12+/m0/s1. The topological polar surface area (TPSA) is 119 Å². The van der Waals surface area contributed by atoms with E-state index in [4.69, 9.17) is 9.84 Å². The molecule has 1 aliphatic rings. The highest BCUT2D eigenvalue weighted by atomic mass is 16.6. The van der Waals surface area contributed by atoms with Crippen LogP contribution in [0.15, 0.2) is 24.3 Å². The smallest absolute Gasteiger partial charge is 0.332 e. The van der Waals surface area contributed by atoms with Crippen molar-refractivity contribution in [3.63, 3.8) is 0 Å². The first-order chi connectivity index (χ1) is 10.5. The van der Waals surface area contributed by atoms with Crippen LogP contribution in [0.3, 0.4) is 0 Å². The predicted octanol–water partition coefficient (Wildman–Crippen LogP) is 0.886. The maximum atomic E-state index is 11.8. The van der Waals surface area contributed by atoms with E-state index in [0.29, 0.717) is 25.8 Å². The Morgan fingerprint density at radius 3 is 2.45 bits per heavy atom. The van der Waals surface area contributed by atoms with Crippen molar-refractivity contribution in [2.45, 2.75) is 31.5 Å². The van der Waals surface area contributed by atoms with Crippen LogP contribution in [-0.2, 0) is 20.7 Å². The number of nitro groups is 1. The molecule has 2 atom stereocenters. The molecule has 0 unspecified atom stereocenters. The number of nitrogens with one attached hydrogen (secondary N) is 1. The molecule has 1 fully saturated rings. The first-order valence-corrected chi connectivity index (χ1v) is 6.86. The van der Waals surface area contributed by atoms with Crippen LogP contribution in [-0.4, -0.2) is 40.7 Å². The average Bonchev–Trinajstić information content (AvgIpc) is 2.98. The number of carboxylic acid groups (broad SMARTS) is 1. The Labute approximate surface area is 126 Å². The van der Waals surface area contributed by atoms with Crippen molar-refractivity contribution in [2.75, 3.05) is 6.54 Å². The number of benzene rings is 1. The second kappa shape index (κ2) is 6.99. The van der Waals surface area contributed by atoms with Crippen LogP contribution >= 0.6 is 0 Å². The van der Waals surface area contributed by atoms with E-state index >= 15 is 0 Å². The Balaban J connectivity index is 1.75. The number of aliphatic carboxylic acids is 1. The van der Waals surface area contributed by atoms with Crippen molar-refractivity contribution >= 4 is 17.6 Å². The number of non-ortho nitro benzene ring substituents is 1. The summed E-state index contributed by atoms with van der Waals surface area (Å²) in [6, 6.07) is 6.09. The van der Waals surface area contributed by atoms with Crippen molar-refractivity contribution in [1.29, 1.82) is 0 Å². The Bertz CT molecular complexity index is 571. The van der Waals surface area contributed by atoms with E-state index in [2.05, 4.69) is 5.32 Å². The van der Waals surface area contributed by atoms with Gasteiger partial charge in [0.05, 0.1) is 4.92 Å². The number of hydrogen-bond donors (Lipinski definition) is 2. The number of nitrogens with zero attached hydrogens (tertiary/aromatic N) is 1. The Morgan fingerprint density at radius 1 is 1.27 bits per heavy atom. The zero-order chi connectivity index (χ0) is 16.1. The van der Waals surface area contributed by atoms with Crippen molar-refractivity contribution in [2.24, 2.45) is 0 Å². The van der Waals surface area contributed by atoms with Crippen LogP contribution in [0.25, 0.3) is 0 Å². The zero-order valence-corrected chi connectivity index (χ0v) is 11.7. The third-order valence-electron chi connectivity index (χ3n) is 3.45. The Hall–Kier alpha value is -2.48. The van der Waals surface area contributed by atoms with Gasteiger partial charge >= 0.3 is 5.97 Å². The number of carboxylic acids is 1. The van der Waals surface area contributed by atoms with Crippen LogP contribution in [0.1, 0.15) is 18.4 Å². The summed E-state index contributed by atoms with van der Waals surface area (Å²) in [6.07, 6.45) is -0.391. The van der Waals surface area contributed by atoms with Gasteiger partial charge in [0.15, 0.2) is 6.10 Å². The van der Waals surface area contributed by atoms with E-state index in [-0.39, 0.29) is 11.6 Å². The Kier molecular flexibility index (Phi) is 5.05. The van der Waals surface area contributed by atoms with E-state index in [9.17, 15) is 19.7 Å². The molecule has 1 aliphatic heterocycles. The summed E-state index contributed by atoms with van der Waals surface area (Å²) in [5.41, 5.74) is 0.883. The SMILES string of the molecule is O=C(NCCc1ccc([N+](=O)[O-])cc1)[C@@H]1CC[C@H](C(=O)O)O1. The predicted molar refractivity (Wildman–Crippen MR) is 75.3 cm³/mol. The summed E-state index contributed by atoms with van der Waals surface area (Å²) in [4.78, 5) is 32.6. The molecule has 1 aromatic rings. The number of hydrogen-bond acceptors (Lipinski definition) is 5. The Morgan fingerprint density at radius 2 is 1.91 bits per heavy atom. The summed E-state index contributed by atoms with van der Waals surface area (Å²) < 4.78 is 5.14. The van der Waals surface area contributed by atoms with Crippen LogP contribution < -0.4 is 5.32 Å². The molecule has 0 aromatic heterocycles. The lowest BCUT2D eigenvalue weighted by Crippen LogP contribution is -2.36. The first kappa shape index (κ1) is 15.9. The normalized spacial score (nSPS) is 20.5. The highest BCUT2D eigenvalue weighted by molar-refractivity contribution is 5.82. The molecule has 0 spiro atoms. The van der Waals surface area contributed by atoms with Crippen molar-refractivity contribution < 1.29 is 24.4 Å². The molecule has 2 N–H and O–H groups in total. The van der Waals surface area contributed by atoms with Gasteiger partial charge in [-0.15, -0.1) is 0 Å². The van der Waals surface area contributed by atoms with Crippen molar-refractivity contribution in [1.82, 2.24) is 5.32 Å². The zero-order valence-electron chi connectivity index (χ0n) is 11.7. The van der Waals surface area contributed by atoms with Gasteiger partial charge in [-0.2, -0.15) is 0 Å². The molecule has 0 radical (unpaired) electrons. The summed E-state index contributed by atoms with van der Waals surface area (Å²) in [5.74, 6) is -1.38. The molecule has 1 aromatic carbocycles. The fourth-order valence-electron chi connectivity index (χ4n) is 2.24. The third kappa shape index (κ3) is 4.01. The van der Waals surface area contributed by atoms with Gasteiger partial charge in [-0.3, -0.25) is 14.9 Å². The van der Waals surface area contributed by atoms with Crippen LogP contribution in [0, 0.1) is 10.1 Å². The third-order valence-corrected chi connectivity index (χ3v) is 3.45. The van der Waals surface area contributed by atoms with E-state index in [0.717, 1.165) is 5.56 Å². The van der Waals surface area contributed by atoms with Gasteiger partial charge in [-0.1, -0.05) is 12.1 Å². The lowest BCUT2D eigenvalue weighted by atomic mass is 10.1. The summed E-state index contributed by atoms with van der Waals surface area (Å²) in [5, 5.41) is 22.0. The number of carbonyl (C=O) groups is 2. The van der Waals surface area contributed by atoms with Gasteiger partial charge in [-0.05, 0) is 24.8 Å². The van der Waals surface area contributed by atoms with E-state index < -0.39 is 23.1 Å². The second-order valence-corrected chi connectivity index (χ2v) is 4.99. The molecule has 8 nitrogen and oxygen atoms in total. The molecule has 1 heterocycles. The second-order valence-electron chi connectivity index (χ2n) is 4.99. The maximum Gasteiger partial charge on any atom is 0.332 e. The molecule has 1 saturated heterocycles. The highest BCUT2D eigenvalue weighted by Gasteiger charge is 2.34. The van der Waals surface area contributed by atoms with E-state index in [1.54, 1.807) is 12.1 Å². The van der Waals surface area contributed by atoms with Crippen LogP contribution in [0.2, 0.25) is 0 Å². The van der Waals surface area contributed by atoms with Gasteiger partial charge in [0.2, 0.25) is 5.91 Å². The molecule has 0 aliphatic carbocycles. The van der Waals surface area contributed by atoms with Gasteiger partial charge in [0.1, 0.15) is 6.10 Å². The van der Waals surface area contributed by atoms with Gasteiger partial charge in [-0.25, -0.2) is 4.79 Å². The number of nitro benzene ring substituents is 1. The number of carbonyl (C=O) groups excluding carboxylic acids is 1. The number of amides is 1. The minimum Gasteiger partial charge on any atom is -0.479 e. The quantitative estimate of drug-likeness (QED) is 0.595. The molecular weight excluding hydrogens is 292 g/mol. The lowest BCUT2D eigenvalue weighted by molar-refractivity contribution is -0.384. The maximum absolute atomic E-state index is 11.8. The van der Waals surface area contributed by atoms with Crippen molar-refractivity contribution in [3.8, 4) is 0 Å².